The Morgan fingerprint density at radius 1 is 1.56 bits per heavy atom. The molecule has 1 saturated heterocycles. The molecule has 90 valence electrons. The molecule has 1 aliphatic heterocycles. The van der Waals surface area contributed by atoms with Gasteiger partial charge in [0.25, 0.3) is 0 Å². The van der Waals surface area contributed by atoms with Gasteiger partial charge in [-0.1, -0.05) is 0 Å². The van der Waals surface area contributed by atoms with Crippen LogP contribution in [0.2, 0.25) is 0 Å². The van der Waals surface area contributed by atoms with E-state index in [4.69, 9.17) is 0 Å². The molecule has 4 nitrogen and oxygen atoms in total. The second-order valence-corrected chi connectivity index (χ2v) is 6.11. The van der Waals surface area contributed by atoms with Crippen molar-refractivity contribution >= 4 is 10.8 Å². The van der Waals surface area contributed by atoms with E-state index in [-0.39, 0.29) is 0 Å². The van der Waals surface area contributed by atoms with Crippen molar-refractivity contribution in [3.8, 4) is 0 Å². The van der Waals surface area contributed by atoms with Gasteiger partial charge in [0.05, 0.1) is 6.54 Å². The Morgan fingerprint density at radius 2 is 2.31 bits per heavy atom. The third-order valence-corrected chi connectivity index (χ3v) is 4.31. The van der Waals surface area contributed by atoms with E-state index in [1.54, 1.807) is 6.20 Å². The van der Waals surface area contributed by atoms with Gasteiger partial charge in [0.15, 0.2) is 0 Å². The molecule has 0 aliphatic carbocycles. The van der Waals surface area contributed by atoms with E-state index < -0.39 is 10.8 Å². The summed E-state index contributed by atoms with van der Waals surface area (Å²) in [5.74, 6) is 1.71. The number of hydrogen-bond acceptors (Lipinski definition) is 3. The molecule has 1 aromatic rings. The van der Waals surface area contributed by atoms with Gasteiger partial charge in [0.1, 0.15) is 0 Å². The average Bonchev–Trinajstić information content (AvgIpc) is 2.74. The van der Waals surface area contributed by atoms with Crippen molar-refractivity contribution in [2.24, 2.45) is 0 Å². The highest BCUT2D eigenvalue weighted by Crippen LogP contribution is 2.10. The molecule has 0 aromatic carbocycles. The number of rotatable bonds is 4. The van der Waals surface area contributed by atoms with Crippen LogP contribution in [0.5, 0.6) is 0 Å². The molecule has 2 heterocycles. The molecule has 0 radical (unpaired) electrons. The maximum atomic E-state index is 11.2. The van der Waals surface area contributed by atoms with Crippen LogP contribution in [0.3, 0.4) is 0 Å². The first-order valence-corrected chi connectivity index (χ1v) is 7.31. The second kappa shape index (κ2) is 5.59. The predicted molar refractivity (Wildman–Crippen MR) is 65.7 cm³/mol. The van der Waals surface area contributed by atoms with Crippen molar-refractivity contribution < 1.29 is 4.21 Å². The van der Waals surface area contributed by atoms with Gasteiger partial charge in [-0.15, -0.1) is 0 Å². The van der Waals surface area contributed by atoms with Crippen LogP contribution in [-0.2, 0) is 17.3 Å². The topological polar surface area (TPSA) is 46.9 Å². The molecule has 1 unspecified atom stereocenters. The minimum Gasteiger partial charge on any atom is -0.310 e. The smallest absolute Gasteiger partial charge is 0.0560 e. The summed E-state index contributed by atoms with van der Waals surface area (Å²) in [7, 11) is -0.565. The zero-order valence-corrected chi connectivity index (χ0v) is 10.4. The number of hydrogen-bond donors (Lipinski definition) is 1. The third kappa shape index (κ3) is 3.42. The SMILES string of the molecule is CC(Cn1cccn1)NC1CCS(=O)CC1. The van der Waals surface area contributed by atoms with Crippen molar-refractivity contribution in [1.82, 2.24) is 15.1 Å². The van der Waals surface area contributed by atoms with Crippen LogP contribution in [0.25, 0.3) is 0 Å². The van der Waals surface area contributed by atoms with E-state index in [2.05, 4.69) is 17.3 Å². The monoisotopic (exact) mass is 241 g/mol. The molecule has 1 aromatic heterocycles. The Labute approximate surface area is 98.9 Å². The average molecular weight is 241 g/mol. The summed E-state index contributed by atoms with van der Waals surface area (Å²) in [5, 5.41) is 7.77. The van der Waals surface area contributed by atoms with E-state index in [1.165, 1.54) is 0 Å². The lowest BCUT2D eigenvalue weighted by molar-refractivity contribution is 0.377. The van der Waals surface area contributed by atoms with Crippen molar-refractivity contribution in [2.75, 3.05) is 11.5 Å². The quantitative estimate of drug-likeness (QED) is 0.847. The molecule has 0 bridgehead atoms. The standard InChI is InChI=1S/C11H19N3OS/c1-10(9-14-6-2-5-12-14)13-11-3-7-16(15)8-4-11/h2,5-6,10-11,13H,3-4,7-9H2,1H3. The Kier molecular flexibility index (Phi) is 4.12. The fourth-order valence-corrected chi connectivity index (χ4v) is 3.40. The molecule has 0 amide bonds. The molecule has 0 spiro atoms. The van der Waals surface area contributed by atoms with Gasteiger partial charge in [-0.2, -0.15) is 5.10 Å². The van der Waals surface area contributed by atoms with Crippen LogP contribution in [0, 0.1) is 0 Å². The summed E-state index contributed by atoms with van der Waals surface area (Å²) in [6, 6.07) is 2.89. The van der Waals surface area contributed by atoms with Gasteiger partial charge >= 0.3 is 0 Å². The van der Waals surface area contributed by atoms with Gasteiger partial charge < -0.3 is 5.32 Å². The molecule has 1 N–H and O–H groups in total. The predicted octanol–water partition coefficient (Wildman–Crippen LogP) is 0.772. The van der Waals surface area contributed by atoms with Gasteiger partial charge in [-0.05, 0) is 25.8 Å². The molecule has 0 saturated carbocycles. The van der Waals surface area contributed by atoms with Gasteiger partial charge in [0.2, 0.25) is 0 Å². The van der Waals surface area contributed by atoms with Gasteiger partial charge in [0, 0.05) is 46.8 Å². The lowest BCUT2D eigenvalue weighted by Gasteiger charge is -2.26. The maximum Gasteiger partial charge on any atom is 0.0560 e. The van der Waals surface area contributed by atoms with Crippen molar-refractivity contribution in [2.45, 2.75) is 38.4 Å². The second-order valence-electron chi connectivity index (χ2n) is 4.42. The molecule has 1 fully saturated rings. The molecular weight excluding hydrogens is 222 g/mol. The van der Waals surface area contributed by atoms with E-state index in [9.17, 15) is 4.21 Å². The summed E-state index contributed by atoms with van der Waals surface area (Å²) >= 11 is 0. The minimum atomic E-state index is -0.565. The fraction of sp³-hybridized carbons (Fsp3) is 0.727. The van der Waals surface area contributed by atoms with E-state index in [1.807, 2.05) is 16.9 Å². The lowest BCUT2D eigenvalue weighted by Crippen LogP contribution is -2.42. The first-order valence-electron chi connectivity index (χ1n) is 5.82. The van der Waals surface area contributed by atoms with Crippen LogP contribution in [-0.4, -0.2) is 37.6 Å². The number of nitrogens with one attached hydrogen (secondary N) is 1. The Bertz CT molecular complexity index is 329. The van der Waals surface area contributed by atoms with E-state index in [0.717, 1.165) is 30.9 Å². The maximum absolute atomic E-state index is 11.2. The van der Waals surface area contributed by atoms with Gasteiger partial charge in [-0.25, -0.2) is 0 Å². The van der Waals surface area contributed by atoms with E-state index >= 15 is 0 Å². The highest BCUT2D eigenvalue weighted by molar-refractivity contribution is 7.85. The number of nitrogens with zero attached hydrogens (tertiary/aromatic N) is 2. The summed E-state index contributed by atoms with van der Waals surface area (Å²) in [6.45, 7) is 3.07. The summed E-state index contributed by atoms with van der Waals surface area (Å²) < 4.78 is 13.2. The highest BCUT2D eigenvalue weighted by Gasteiger charge is 2.19. The lowest BCUT2D eigenvalue weighted by atomic mass is 10.1. The molecular formula is C11H19N3OS. The van der Waals surface area contributed by atoms with Crippen LogP contribution >= 0.6 is 0 Å². The molecule has 1 atom stereocenters. The minimum absolute atomic E-state index is 0.413. The first-order chi connectivity index (χ1) is 7.74. The fourth-order valence-electron chi connectivity index (χ4n) is 2.10. The molecule has 1 aliphatic rings. The van der Waals surface area contributed by atoms with Crippen molar-refractivity contribution in [3.63, 3.8) is 0 Å². The van der Waals surface area contributed by atoms with Crippen LogP contribution in [0.15, 0.2) is 18.5 Å². The Hall–Kier alpha value is -0.680. The van der Waals surface area contributed by atoms with Crippen LogP contribution in [0.4, 0.5) is 0 Å². The number of aromatic nitrogens is 2. The van der Waals surface area contributed by atoms with Gasteiger partial charge in [-0.3, -0.25) is 8.89 Å². The van der Waals surface area contributed by atoms with Crippen molar-refractivity contribution in [1.29, 1.82) is 0 Å². The molecule has 5 heteroatoms. The summed E-state index contributed by atoms with van der Waals surface area (Å²) in [4.78, 5) is 0. The van der Waals surface area contributed by atoms with E-state index in [0.29, 0.717) is 12.1 Å². The molecule has 16 heavy (non-hydrogen) atoms. The van der Waals surface area contributed by atoms with Crippen LogP contribution < -0.4 is 5.32 Å². The van der Waals surface area contributed by atoms with Crippen molar-refractivity contribution in [3.05, 3.63) is 18.5 Å². The molecule has 2 rings (SSSR count). The van der Waals surface area contributed by atoms with Crippen LogP contribution in [0.1, 0.15) is 19.8 Å². The largest absolute Gasteiger partial charge is 0.310 e. The highest BCUT2D eigenvalue weighted by atomic mass is 32.2. The first kappa shape index (κ1) is 11.8. The zero-order valence-electron chi connectivity index (χ0n) is 9.63. The zero-order chi connectivity index (χ0) is 11.4. The Balaban J connectivity index is 1.74. The third-order valence-electron chi connectivity index (χ3n) is 2.93. The Morgan fingerprint density at radius 3 is 2.94 bits per heavy atom. The summed E-state index contributed by atoms with van der Waals surface area (Å²) in [5.41, 5.74) is 0. The normalized spacial score (nSPS) is 27.8. The summed E-state index contributed by atoms with van der Waals surface area (Å²) in [6.07, 6.45) is 5.86.